The molecule has 0 atom stereocenters. The Labute approximate surface area is 151 Å². The Hall–Kier alpha value is -2.92. The van der Waals surface area contributed by atoms with E-state index in [2.05, 4.69) is 9.97 Å². The lowest BCUT2D eigenvalue weighted by atomic mass is 10.1. The van der Waals surface area contributed by atoms with Gasteiger partial charge in [-0.1, -0.05) is 30.3 Å². The first-order valence-corrected chi connectivity index (χ1v) is 8.62. The van der Waals surface area contributed by atoms with Gasteiger partial charge in [-0.3, -0.25) is 4.98 Å². The van der Waals surface area contributed by atoms with Crippen LogP contribution in [0.1, 0.15) is 19.4 Å². The molecule has 0 saturated heterocycles. The monoisotopic (exact) mass is 347 g/mol. The van der Waals surface area contributed by atoms with Gasteiger partial charge in [0.15, 0.2) is 0 Å². The number of hydrogen-bond donors (Lipinski definition) is 1. The molecule has 1 N–H and O–H groups in total. The molecule has 5 heteroatoms. The maximum atomic E-state index is 10.2. The zero-order valence-corrected chi connectivity index (χ0v) is 14.9. The van der Waals surface area contributed by atoms with E-state index in [0.29, 0.717) is 13.2 Å². The molecule has 2 aromatic carbocycles. The number of hydrogen-bond acceptors (Lipinski definition) is 4. The van der Waals surface area contributed by atoms with Crippen LogP contribution in [0.4, 0.5) is 0 Å². The molecule has 2 heterocycles. The zero-order valence-electron chi connectivity index (χ0n) is 14.9. The van der Waals surface area contributed by atoms with Crippen LogP contribution in [0, 0.1) is 0 Å². The van der Waals surface area contributed by atoms with E-state index in [0.717, 1.165) is 33.2 Å². The van der Waals surface area contributed by atoms with Gasteiger partial charge in [0, 0.05) is 11.5 Å². The summed E-state index contributed by atoms with van der Waals surface area (Å²) in [4.78, 5) is 8.93. The van der Waals surface area contributed by atoms with Gasteiger partial charge in [0.25, 0.3) is 0 Å². The van der Waals surface area contributed by atoms with Gasteiger partial charge in [-0.25, -0.2) is 4.98 Å². The van der Waals surface area contributed by atoms with Gasteiger partial charge in [0.05, 0.1) is 35.7 Å². The van der Waals surface area contributed by atoms with Crippen molar-refractivity contribution in [2.24, 2.45) is 0 Å². The third-order valence-electron chi connectivity index (χ3n) is 4.22. The predicted octanol–water partition coefficient (Wildman–Crippen LogP) is 3.93. The van der Waals surface area contributed by atoms with Crippen molar-refractivity contribution in [1.82, 2.24) is 14.5 Å². The Balaban J connectivity index is 1.68. The fraction of sp³-hybridized carbons (Fsp3) is 0.238. The number of aliphatic hydroxyl groups is 1. The van der Waals surface area contributed by atoms with E-state index >= 15 is 0 Å². The lowest BCUT2D eigenvalue weighted by Gasteiger charge is -2.18. The molecule has 26 heavy (non-hydrogen) atoms. The smallest absolute Gasteiger partial charge is 0.122 e. The molecule has 0 aliphatic carbocycles. The molecule has 0 aliphatic heterocycles. The third-order valence-corrected chi connectivity index (χ3v) is 4.22. The molecule has 0 unspecified atom stereocenters. The van der Waals surface area contributed by atoms with Crippen molar-refractivity contribution >= 4 is 21.9 Å². The van der Waals surface area contributed by atoms with Gasteiger partial charge in [-0.2, -0.15) is 0 Å². The van der Waals surface area contributed by atoms with Crippen LogP contribution < -0.4 is 4.74 Å². The Kier molecular flexibility index (Phi) is 4.09. The summed E-state index contributed by atoms with van der Waals surface area (Å²) in [5.74, 6) is 0.779. The van der Waals surface area contributed by atoms with Crippen molar-refractivity contribution in [3.63, 3.8) is 0 Å². The molecule has 132 valence electrons. The normalized spacial score (nSPS) is 12.0. The van der Waals surface area contributed by atoms with Crippen molar-refractivity contribution in [1.29, 1.82) is 0 Å². The SMILES string of the molecule is CC(C)(O)Cn1cnc2cnc3cc(OCc4ccccc4)ccc3c21. The molecule has 0 fully saturated rings. The summed E-state index contributed by atoms with van der Waals surface area (Å²) in [6.07, 6.45) is 3.52. The predicted molar refractivity (Wildman–Crippen MR) is 102 cm³/mol. The van der Waals surface area contributed by atoms with E-state index in [4.69, 9.17) is 4.74 Å². The molecular formula is C21H21N3O2. The van der Waals surface area contributed by atoms with E-state index in [1.54, 1.807) is 26.4 Å². The van der Waals surface area contributed by atoms with Crippen LogP contribution in [-0.2, 0) is 13.2 Å². The topological polar surface area (TPSA) is 60.2 Å². The third kappa shape index (κ3) is 3.39. The van der Waals surface area contributed by atoms with Crippen molar-refractivity contribution < 1.29 is 9.84 Å². The Bertz CT molecular complexity index is 1050. The number of fused-ring (bicyclic) bond motifs is 3. The molecule has 0 saturated carbocycles. The minimum absolute atomic E-state index is 0.467. The summed E-state index contributed by atoms with van der Waals surface area (Å²) in [7, 11) is 0. The molecule has 0 aliphatic rings. The summed E-state index contributed by atoms with van der Waals surface area (Å²) in [5.41, 5.74) is 2.95. The van der Waals surface area contributed by atoms with Crippen molar-refractivity contribution in [2.45, 2.75) is 32.6 Å². The van der Waals surface area contributed by atoms with Gasteiger partial charge < -0.3 is 14.4 Å². The van der Waals surface area contributed by atoms with Crippen LogP contribution in [-0.4, -0.2) is 25.2 Å². The average Bonchev–Trinajstić information content (AvgIpc) is 3.02. The summed E-state index contributed by atoms with van der Waals surface area (Å²) < 4.78 is 7.88. The summed E-state index contributed by atoms with van der Waals surface area (Å²) in [6.45, 7) is 4.57. The first-order chi connectivity index (χ1) is 12.5. The molecule has 4 aromatic rings. The van der Waals surface area contributed by atoms with Crippen molar-refractivity contribution in [3.8, 4) is 5.75 Å². The maximum Gasteiger partial charge on any atom is 0.122 e. The Morgan fingerprint density at radius 1 is 1.04 bits per heavy atom. The van der Waals surface area contributed by atoms with Crippen LogP contribution in [0.2, 0.25) is 0 Å². The minimum atomic E-state index is -0.818. The summed E-state index contributed by atoms with van der Waals surface area (Å²) in [5, 5.41) is 11.2. The second-order valence-corrected chi connectivity index (χ2v) is 7.13. The number of rotatable bonds is 5. The number of nitrogens with zero attached hydrogens (tertiary/aromatic N) is 3. The first kappa shape index (κ1) is 16.5. The average molecular weight is 347 g/mol. The fourth-order valence-electron chi connectivity index (χ4n) is 3.10. The van der Waals surface area contributed by atoms with E-state index in [1.807, 2.05) is 53.1 Å². The summed E-state index contributed by atoms with van der Waals surface area (Å²) in [6, 6.07) is 16.0. The number of aromatic nitrogens is 3. The van der Waals surface area contributed by atoms with Gasteiger partial charge in [0.2, 0.25) is 0 Å². The van der Waals surface area contributed by atoms with E-state index < -0.39 is 5.60 Å². The van der Waals surface area contributed by atoms with Crippen molar-refractivity contribution in [2.75, 3.05) is 0 Å². The standard InChI is InChI=1S/C21H21N3O2/c1-21(2,25)13-24-14-23-19-11-22-18-10-16(8-9-17(18)20(19)24)26-12-15-6-4-3-5-7-15/h3-11,14,25H,12-13H2,1-2H3. The first-order valence-electron chi connectivity index (χ1n) is 8.62. The quantitative estimate of drug-likeness (QED) is 0.594. The van der Waals surface area contributed by atoms with Gasteiger partial charge in [0.1, 0.15) is 17.9 Å². The Morgan fingerprint density at radius 2 is 1.85 bits per heavy atom. The number of imidazole rings is 1. The van der Waals surface area contributed by atoms with E-state index in [1.165, 1.54) is 0 Å². The van der Waals surface area contributed by atoms with Crippen LogP contribution in [0.3, 0.4) is 0 Å². The Morgan fingerprint density at radius 3 is 2.62 bits per heavy atom. The van der Waals surface area contributed by atoms with E-state index in [-0.39, 0.29) is 0 Å². The highest BCUT2D eigenvalue weighted by Gasteiger charge is 2.17. The summed E-state index contributed by atoms with van der Waals surface area (Å²) >= 11 is 0. The second-order valence-electron chi connectivity index (χ2n) is 7.13. The molecule has 0 radical (unpaired) electrons. The maximum absolute atomic E-state index is 10.2. The van der Waals surface area contributed by atoms with Gasteiger partial charge in [-0.05, 0) is 31.5 Å². The van der Waals surface area contributed by atoms with Crippen molar-refractivity contribution in [3.05, 3.63) is 66.6 Å². The number of pyridine rings is 1. The highest BCUT2D eigenvalue weighted by Crippen LogP contribution is 2.27. The highest BCUT2D eigenvalue weighted by atomic mass is 16.5. The molecule has 4 rings (SSSR count). The van der Waals surface area contributed by atoms with E-state index in [9.17, 15) is 5.11 Å². The molecule has 0 spiro atoms. The minimum Gasteiger partial charge on any atom is -0.489 e. The fourth-order valence-corrected chi connectivity index (χ4v) is 3.10. The van der Waals surface area contributed by atoms with Crippen LogP contribution >= 0.6 is 0 Å². The second kappa shape index (κ2) is 6.42. The number of ether oxygens (including phenoxy) is 1. The van der Waals surface area contributed by atoms with Gasteiger partial charge in [-0.15, -0.1) is 0 Å². The van der Waals surface area contributed by atoms with Gasteiger partial charge >= 0.3 is 0 Å². The van der Waals surface area contributed by atoms with Crippen LogP contribution in [0.15, 0.2) is 61.1 Å². The van der Waals surface area contributed by atoms with Crippen LogP contribution in [0.5, 0.6) is 5.75 Å². The highest BCUT2D eigenvalue weighted by molar-refractivity contribution is 6.02. The molecule has 5 nitrogen and oxygen atoms in total. The zero-order chi connectivity index (χ0) is 18.1. The molecular weight excluding hydrogens is 326 g/mol. The molecule has 0 bridgehead atoms. The largest absolute Gasteiger partial charge is 0.489 e. The lowest BCUT2D eigenvalue weighted by Crippen LogP contribution is -2.25. The lowest BCUT2D eigenvalue weighted by molar-refractivity contribution is 0.0627. The number of benzene rings is 2. The molecule has 0 amide bonds. The van der Waals surface area contributed by atoms with Crippen LogP contribution in [0.25, 0.3) is 21.9 Å². The molecule has 2 aromatic heterocycles.